The number of carbonyl (C=O) groups excluding carboxylic acids is 1. The number of nitrogens with one attached hydrogen (secondary N) is 1. The summed E-state index contributed by atoms with van der Waals surface area (Å²) in [6.45, 7) is 1.57. The number of hydrogen-bond donors (Lipinski definition) is 1. The van der Waals surface area contributed by atoms with E-state index < -0.39 is 0 Å². The molecule has 4 rings (SSSR count). The Hall–Kier alpha value is -3.10. The van der Waals surface area contributed by atoms with Crippen molar-refractivity contribution in [1.29, 1.82) is 0 Å². The molecular weight excluding hydrogens is 336 g/mol. The number of carbonyl (C=O) groups is 1. The van der Waals surface area contributed by atoms with Gasteiger partial charge in [-0.05, 0) is 56.8 Å². The summed E-state index contributed by atoms with van der Waals surface area (Å²) in [7, 11) is 4.13. The van der Waals surface area contributed by atoms with Crippen molar-refractivity contribution in [1.82, 2.24) is 20.0 Å². The SMILES string of the molecule is CN(C)[C@@H]1CCN(C(=O)c2ccc3[nH]nc(C#Cc4ccccc4)c3c2)C1. The third kappa shape index (κ3) is 3.57. The van der Waals surface area contributed by atoms with Gasteiger partial charge in [0.2, 0.25) is 0 Å². The number of benzene rings is 2. The first-order valence-electron chi connectivity index (χ1n) is 9.13. The molecule has 5 nitrogen and oxygen atoms in total. The van der Waals surface area contributed by atoms with Crippen molar-refractivity contribution in [3.63, 3.8) is 0 Å². The van der Waals surface area contributed by atoms with Gasteiger partial charge in [0.25, 0.3) is 5.91 Å². The molecule has 0 saturated carbocycles. The summed E-state index contributed by atoms with van der Waals surface area (Å²) in [5.41, 5.74) is 3.17. The van der Waals surface area contributed by atoms with E-state index in [0.717, 1.165) is 36.0 Å². The lowest BCUT2D eigenvalue weighted by atomic mass is 10.1. The average Bonchev–Trinajstić information content (AvgIpc) is 3.34. The smallest absolute Gasteiger partial charge is 0.253 e. The van der Waals surface area contributed by atoms with E-state index in [0.29, 0.717) is 17.3 Å². The first-order valence-corrected chi connectivity index (χ1v) is 9.13. The molecule has 1 amide bonds. The lowest BCUT2D eigenvalue weighted by Gasteiger charge is -2.20. The maximum Gasteiger partial charge on any atom is 0.253 e. The van der Waals surface area contributed by atoms with Gasteiger partial charge in [-0.2, -0.15) is 5.10 Å². The van der Waals surface area contributed by atoms with Crippen molar-refractivity contribution in [3.05, 3.63) is 65.4 Å². The van der Waals surface area contributed by atoms with Gasteiger partial charge in [0, 0.05) is 35.6 Å². The van der Waals surface area contributed by atoms with Crippen LogP contribution < -0.4 is 0 Å². The van der Waals surface area contributed by atoms with Crippen LogP contribution in [0.2, 0.25) is 0 Å². The Morgan fingerprint density at radius 1 is 1.19 bits per heavy atom. The van der Waals surface area contributed by atoms with Gasteiger partial charge in [0.1, 0.15) is 5.69 Å². The fourth-order valence-electron chi connectivity index (χ4n) is 3.43. The van der Waals surface area contributed by atoms with E-state index in [1.807, 2.05) is 53.4 Å². The minimum Gasteiger partial charge on any atom is -0.337 e. The summed E-state index contributed by atoms with van der Waals surface area (Å²) in [5.74, 6) is 6.32. The molecule has 27 heavy (non-hydrogen) atoms. The zero-order valence-corrected chi connectivity index (χ0v) is 15.6. The number of hydrogen-bond acceptors (Lipinski definition) is 3. The molecule has 0 bridgehead atoms. The van der Waals surface area contributed by atoms with Gasteiger partial charge >= 0.3 is 0 Å². The van der Waals surface area contributed by atoms with E-state index in [9.17, 15) is 4.79 Å². The summed E-state index contributed by atoms with van der Waals surface area (Å²) >= 11 is 0. The number of aromatic nitrogens is 2. The summed E-state index contributed by atoms with van der Waals surface area (Å²) in [5, 5.41) is 8.19. The third-order valence-electron chi connectivity index (χ3n) is 5.09. The Morgan fingerprint density at radius 2 is 2.00 bits per heavy atom. The number of likely N-dealkylation sites (tertiary alicyclic amines) is 1. The van der Waals surface area contributed by atoms with Crippen LogP contribution in [0.1, 0.15) is 28.0 Å². The minimum absolute atomic E-state index is 0.0735. The predicted octanol–water partition coefficient (Wildman–Crippen LogP) is 2.74. The Kier molecular flexibility index (Phi) is 4.66. The molecule has 0 radical (unpaired) electrons. The molecular formula is C22H22N4O. The number of aromatic amines is 1. The van der Waals surface area contributed by atoms with E-state index in [2.05, 4.69) is 41.0 Å². The fourth-order valence-corrected chi connectivity index (χ4v) is 3.43. The van der Waals surface area contributed by atoms with Crippen molar-refractivity contribution in [2.45, 2.75) is 12.5 Å². The Bertz CT molecular complexity index is 1030. The Morgan fingerprint density at radius 3 is 2.74 bits per heavy atom. The standard InChI is InChI=1S/C22H22N4O/c1-25(2)18-12-13-26(15-18)22(27)17-9-11-21-19(14-17)20(23-24-21)10-8-16-6-4-3-5-7-16/h3-7,9,11,14,18H,12-13,15H2,1-2H3,(H,23,24)/t18-/m1/s1. The van der Waals surface area contributed by atoms with Crippen molar-refractivity contribution in [2.75, 3.05) is 27.2 Å². The maximum absolute atomic E-state index is 12.9. The zero-order chi connectivity index (χ0) is 18.8. The van der Waals surface area contributed by atoms with Gasteiger partial charge in [0.15, 0.2) is 0 Å². The topological polar surface area (TPSA) is 52.2 Å². The molecule has 2 aromatic carbocycles. The number of amides is 1. The normalized spacial score (nSPS) is 16.6. The van der Waals surface area contributed by atoms with Crippen molar-refractivity contribution in [3.8, 4) is 11.8 Å². The van der Waals surface area contributed by atoms with E-state index in [1.54, 1.807) is 0 Å². The number of fused-ring (bicyclic) bond motifs is 1. The number of rotatable bonds is 2. The number of likely N-dealkylation sites (N-methyl/N-ethyl adjacent to an activating group) is 1. The highest BCUT2D eigenvalue weighted by Crippen LogP contribution is 2.21. The molecule has 1 N–H and O–H groups in total. The highest BCUT2D eigenvalue weighted by molar-refractivity contribution is 5.99. The molecule has 1 atom stereocenters. The first-order chi connectivity index (χ1) is 13.1. The molecule has 2 heterocycles. The van der Waals surface area contributed by atoms with Gasteiger partial charge in [-0.1, -0.05) is 24.1 Å². The first kappa shape index (κ1) is 17.3. The second kappa shape index (κ2) is 7.26. The lowest BCUT2D eigenvalue weighted by molar-refractivity contribution is 0.0783. The Labute approximate surface area is 159 Å². The van der Waals surface area contributed by atoms with Crippen molar-refractivity contribution < 1.29 is 4.79 Å². The average molecular weight is 358 g/mol. The van der Waals surface area contributed by atoms with E-state index in [4.69, 9.17) is 0 Å². The molecule has 5 heteroatoms. The van der Waals surface area contributed by atoms with Crippen LogP contribution in [0, 0.1) is 11.8 Å². The van der Waals surface area contributed by atoms with Crippen LogP contribution in [-0.4, -0.2) is 59.1 Å². The molecule has 1 aliphatic rings. The molecule has 136 valence electrons. The highest BCUT2D eigenvalue weighted by atomic mass is 16.2. The number of H-pyrrole nitrogens is 1. The van der Waals surface area contributed by atoms with Crippen LogP contribution in [-0.2, 0) is 0 Å². The summed E-state index contributed by atoms with van der Waals surface area (Å²) < 4.78 is 0. The van der Waals surface area contributed by atoms with E-state index in [-0.39, 0.29) is 5.91 Å². The van der Waals surface area contributed by atoms with Gasteiger partial charge in [0.05, 0.1) is 5.52 Å². The predicted molar refractivity (Wildman–Crippen MR) is 107 cm³/mol. The molecule has 1 aromatic heterocycles. The van der Waals surface area contributed by atoms with Crippen LogP contribution in [0.3, 0.4) is 0 Å². The van der Waals surface area contributed by atoms with Gasteiger partial charge in [-0.15, -0.1) is 0 Å². The van der Waals surface area contributed by atoms with E-state index >= 15 is 0 Å². The van der Waals surface area contributed by atoms with Crippen molar-refractivity contribution >= 4 is 16.8 Å². The molecule has 1 fully saturated rings. The molecule has 0 aliphatic carbocycles. The summed E-state index contributed by atoms with van der Waals surface area (Å²) in [6, 6.07) is 15.9. The van der Waals surface area contributed by atoms with Crippen LogP contribution in [0.15, 0.2) is 48.5 Å². The van der Waals surface area contributed by atoms with Crippen LogP contribution in [0.25, 0.3) is 10.9 Å². The molecule has 1 aliphatic heterocycles. The lowest BCUT2D eigenvalue weighted by Crippen LogP contribution is -2.34. The summed E-state index contributed by atoms with van der Waals surface area (Å²) in [4.78, 5) is 17.0. The second-order valence-electron chi connectivity index (χ2n) is 7.11. The minimum atomic E-state index is 0.0735. The molecule has 0 unspecified atom stereocenters. The second-order valence-corrected chi connectivity index (χ2v) is 7.11. The Balaban J connectivity index is 1.61. The van der Waals surface area contributed by atoms with Crippen LogP contribution >= 0.6 is 0 Å². The van der Waals surface area contributed by atoms with Gasteiger partial charge in [-0.25, -0.2) is 0 Å². The van der Waals surface area contributed by atoms with Crippen LogP contribution in [0.4, 0.5) is 0 Å². The molecule has 1 saturated heterocycles. The largest absolute Gasteiger partial charge is 0.337 e. The van der Waals surface area contributed by atoms with Gasteiger partial charge in [-0.3, -0.25) is 9.89 Å². The summed E-state index contributed by atoms with van der Waals surface area (Å²) in [6.07, 6.45) is 1.01. The molecule has 3 aromatic rings. The third-order valence-corrected chi connectivity index (χ3v) is 5.09. The fraction of sp³-hybridized carbons (Fsp3) is 0.273. The monoisotopic (exact) mass is 358 g/mol. The quantitative estimate of drug-likeness (QED) is 0.717. The van der Waals surface area contributed by atoms with Crippen LogP contribution in [0.5, 0.6) is 0 Å². The molecule has 0 spiro atoms. The van der Waals surface area contributed by atoms with Crippen molar-refractivity contribution in [2.24, 2.45) is 0 Å². The van der Waals surface area contributed by atoms with Gasteiger partial charge < -0.3 is 9.80 Å². The number of nitrogens with zero attached hydrogens (tertiary/aromatic N) is 3. The van der Waals surface area contributed by atoms with E-state index in [1.165, 1.54) is 0 Å². The highest BCUT2D eigenvalue weighted by Gasteiger charge is 2.28. The maximum atomic E-state index is 12.9. The zero-order valence-electron chi connectivity index (χ0n) is 15.6.